The van der Waals surface area contributed by atoms with Crippen molar-refractivity contribution in [3.8, 4) is 17.0 Å². The molecule has 2 aromatic rings. The van der Waals surface area contributed by atoms with E-state index in [1.54, 1.807) is 6.92 Å². The Kier molecular flexibility index (Phi) is 7.40. The number of alkyl halides is 3. The van der Waals surface area contributed by atoms with Crippen LogP contribution in [-0.2, 0) is 20.8 Å². The van der Waals surface area contributed by atoms with E-state index in [2.05, 4.69) is 15.3 Å². The first kappa shape index (κ1) is 23.6. The second-order valence-corrected chi connectivity index (χ2v) is 8.60. The van der Waals surface area contributed by atoms with Crippen LogP contribution in [0, 0.1) is 0 Å². The fraction of sp³-hybridized carbons (Fsp3) is 0.421. The molecule has 1 heterocycles. The summed E-state index contributed by atoms with van der Waals surface area (Å²) >= 11 is 0. The molecule has 1 atom stereocenters. The van der Waals surface area contributed by atoms with Gasteiger partial charge in [-0.05, 0) is 43.7 Å². The molecule has 1 amide bonds. The number of halogens is 3. The topological polar surface area (TPSA) is 98.2 Å². The summed E-state index contributed by atoms with van der Waals surface area (Å²) in [5, 5.41) is 1.63. The van der Waals surface area contributed by atoms with E-state index in [4.69, 9.17) is 4.74 Å². The maximum atomic E-state index is 13.3. The van der Waals surface area contributed by atoms with Gasteiger partial charge in [-0.25, -0.2) is 18.4 Å². The average Bonchev–Trinajstić information content (AvgIpc) is 2.71. The lowest BCUT2D eigenvalue weighted by molar-refractivity contribution is -0.141. The Labute approximate surface area is 172 Å². The normalized spacial score (nSPS) is 13.0. The van der Waals surface area contributed by atoms with Gasteiger partial charge in [0, 0.05) is 18.0 Å². The summed E-state index contributed by atoms with van der Waals surface area (Å²) in [6.07, 6.45) is -4.63. The van der Waals surface area contributed by atoms with E-state index in [-0.39, 0.29) is 17.3 Å². The van der Waals surface area contributed by atoms with Crippen molar-refractivity contribution in [3.05, 3.63) is 36.0 Å². The molecule has 1 aromatic heterocycles. The van der Waals surface area contributed by atoms with Crippen molar-refractivity contribution in [2.75, 3.05) is 12.9 Å². The summed E-state index contributed by atoms with van der Waals surface area (Å²) in [5.41, 5.74) is -1.33. The summed E-state index contributed by atoms with van der Waals surface area (Å²) in [6.45, 7) is 3.60. The molecule has 0 fully saturated rings. The standard InChI is InChI=1S/C19H22F3N3O4S/c1-4-12(2)23-17(26)9-10-30(27,28)18-24-15(11-16(25-18)19(20,21)22)13-5-7-14(29-3)8-6-13/h5-8,11-12H,4,9-10H2,1-3H3,(H,23,26). The van der Waals surface area contributed by atoms with Crippen molar-refractivity contribution in [2.45, 2.75) is 44.1 Å². The third-order valence-corrected chi connectivity index (χ3v) is 5.76. The molecular formula is C19H22F3N3O4S. The number of benzene rings is 1. The smallest absolute Gasteiger partial charge is 0.433 e. The van der Waals surface area contributed by atoms with Crippen molar-refractivity contribution >= 4 is 15.7 Å². The molecule has 7 nitrogen and oxygen atoms in total. The second-order valence-electron chi connectivity index (χ2n) is 6.59. The number of hydrogen-bond acceptors (Lipinski definition) is 6. The summed E-state index contributed by atoms with van der Waals surface area (Å²) < 4.78 is 70.0. The van der Waals surface area contributed by atoms with Crippen molar-refractivity contribution in [3.63, 3.8) is 0 Å². The average molecular weight is 445 g/mol. The minimum Gasteiger partial charge on any atom is -0.497 e. The minimum atomic E-state index is -4.87. The van der Waals surface area contributed by atoms with Gasteiger partial charge in [0.2, 0.25) is 20.9 Å². The van der Waals surface area contributed by atoms with Gasteiger partial charge in [0.15, 0.2) is 0 Å². The molecule has 1 N–H and O–H groups in total. The number of rotatable bonds is 8. The number of ether oxygens (including phenoxy) is 1. The number of sulfone groups is 1. The fourth-order valence-corrected chi connectivity index (χ4v) is 3.50. The number of nitrogens with one attached hydrogen (secondary N) is 1. The highest BCUT2D eigenvalue weighted by molar-refractivity contribution is 7.91. The molecule has 0 saturated carbocycles. The van der Waals surface area contributed by atoms with Crippen molar-refractivity contribution in [2.24, 2.45) is 0 Å². The molecule has 0 spiro atoms. The molecule has 164 valence electrons. The van der Waals surface area contributed by atoms with Gasteiger partial charge >= 0.3 is 6.18 Å². The van der Waals surface area contributed by atoms with Crippen molar-refractivity contribution < 1.29 is 31.1 Å². The lowest BCUT2D eigenvalue weighted by atomic mass is 10.1. The number of hydrogen-bond donors (Lipinski definition) is 1. The molecular weight excluding hydrogens is 423 g/mol. The van der Waals surface area contributed by atoms with Gasteiger partial charge in [0.05, 0.1) is 18.6 Å². The van der Waals surface area contributed by atoms with E-state index < -0.39 is 44.9 Å². The Morgan fingerprint density at radius 3 is 2.37 bits per heavy atom. The van der Waals surface area contributed by atoms with Gasteiger partial charge in [-0.1, -0.05) is 6.92 Å². The summed E-state index contributed by atoms with van der Waals surface area (Å²) in [7, 11) is -2.90. The number of nitrogens with zero attached hydrogens (tertiary/aromatic N) is 2. The Morgan fingerprint density at radius 1 is 1.20 bits per heavy atom. The highest BCUT2D eigenvalue weighted by Gasteiger charge is 2.35. The third-order valence-electron chi connectivity index (χ3n) is 4.28. The lowest BCUT2D eigenvalue weighted by Crippen LogP contribution is -2.33. The highest BCUT2D eigenvalue weighted by atomic mass is 32.2. The summed E-state index contributed by atoms with van der Waals surface area (Å²) in [4.78, 5) is 18.9. The largest absolute Gasteiger partial charge is 0.497 e. The molecule has 30 heavy (non-hydrogen) atoms. The van der Waals surface area contributed by atoms with Crippen LogP contribution in [-0.4, -0.2) is 43.2 Å². The van der Waals surface area contributed by atoms with Crippen LogP contribution in [0.5, 0.6) is 5.75 Å². The summed E-state index contributed by atoms with van der Waals surface area (Å²) in [5.74, 6) is -0.752. The molecule has 0 aliphatic rings. The molecule has 0 saturated heterocycles. The van der Waals surface area contributed by atoms with Crippen LogP contribution < -0.4 is 10.1 Å². The van der Waals surface area contributed by atoms with Crippen molar-refractivity contribution in [1.82, 2.24) is 15.3 Å². The Morgan fingerprint density at radius 2 is 1.83 bits per heavy atom. The zero-order valence-electron chi connectivity index (χ0n) is 16.7. The van der Waals surface area contributed by atoms with Gasteiger partial charge < -0.3 is 10.1 Å². The van der Waals surface area contributed by atoms with E-state index in [9.17, 15) is 26.4 Å². The molecule has 11 heteroatoms. The van der Waals surface area contributed by atoms with Crippen LogP contribution in [0.4, 0.5) is 13.2 Å². The molecule has 0 aliphatic carbocycles. The van der Waals surface area contributed by atoms with E-state index in [1.807, 2.05) is 6.92 Å². The van der Waals surface area contributed by atoms with Crippen LogP contribution in [0.15, 0.2) is 35.5 Å². The quantitative estimate of drug-likeness (QED) is 0.627. The van der Waals surface area contributed by atoms with Crippen LogP contribution in [0.2, 0.25) is 0 Å². The van der Waals surface area contributed by atoms with Gasteiger partial charge in [-0.3, -0.25) is 4.79 Å². The molecule has 2 rings (SSSR count). The number of methoxy groups -OCH3 is 1. The van der Waals surface area contributed by atoms with Gasteiger partial charge in [0.25, 0.3) is 0 Å². The highest BCUT2D eigenvalue weighted by Crippen LogP contribution is 2.31. The zero-order valence-corrected chi connectivity index (χ0v) is 17.5. The van der Waals surface area contributed by atoms with Crippen LogP contribution in [0.1, 0.15) is 32.4 Å². The van der Waals surface area contributed by atoms with E-state index in [1.165, 1.54) is 31.4 Å². The SMILES string of the molecule is CCC(C)NC(=O)CCS(=O)(=O)c1nc(-c2ccc(OC)cc2)cc(C(F)(F)F)n1. The number of carbonyl (C=O) groups excluding carboxylic acids is 1. The molecule has 0 aliphatic heterocycles. The van der Waals surface area contributed by atoms with Crippen LogP contribution in [0.3, 0.4) is 0 Å². The first-order chi connectivity index (χ1) is 14.0. The number of aromatic nitrogens is 2. The number of carbonyl (C=O) groups is 1. The molecule has 0 radical (unpaired) electrons. The number of amides is 1. The first-order valence-corrected chi connectivity index (χ1v) is 10.7. The lowest BCUT2D eigenvalue weighted by Gasteiger charge is -2.13. The maximum absolute atomic E-state index is 13.3. The Balaban J connectivity index is 2.39. The first-order valence-electron chi connectivity index (χ1n) is 9.09. The summed E-state index contributed by atoms with van der Waals surface area (Å²) in [6, 6.07) is 6.47. The van der Waals surface area contributed by atoms with E-state index in [0.717, 1.165) is 0 Å². The predicted molar refractivity (Wildman–Crippen MR) is 104 cm³/mol. The molecule has 1 unspecified atom stereocenters. The second kappa shape index (κ2) is 9.41. The fourth-order valence-electron chi connectivity index (χ4n) is 2.39. The maximum Gasteiger partial charge on any atom is 0.433 e. The molecule has 0 bridgehead atoms. The van der Waals surface area contributed by atoms with Crippen LogP contribution in [0.25, 0.3) is 11.3 Å². The Hall–Kier alpha value is -2.69. The van der Waals surface area contributed by atoms with Crippen LogP contribution >= 0.6 is 0 Å². The van der Waals surface area contributed by atoms with Crippen molar-refractivity contribution in [1.29, 1.82) is 0 Å². The molecule has 1 aromatic carbocycles. The Bertz CT molecular complexity index is 993. The van der Waals surface area contributed by atoms with E-state index >= 15 is 0 Å². The minimum absolute atomic E-state index is 0.147. The van der Waals surface area contributed by atoms with E-state index in [0.29, 0.717) is 18.2 Å². The monoisotopic (exact) mass is 445 g/mol. The van der Waals surface area contributed by atoms with Gasteiger partial charge in [0.1, 0.15) is 11.4 Å². The van der Waals surface area contributed by atoms with Gasteiger partial charge in [-0.2, -0.15) is 13.2 Å². The zero-order chi connectivity index (χ0) is 22.5. The third kappa shape index (κ3) is 6.15. The van der Waals surface area contributed by atoms with Gasteiger partial charge in [-0.15, -0.1) is 0 Å². The predicted octanol–water partition coefficient (Wildman–Crippen LogP) is 3.25.